The van der Waals surface area contributed by atoms with E-state index in [1.165, 1.54) is 24.8 Å². The van der Waals surface area contributed by atoms with Crippen LogP contribution in [0.15, 0.2) is 64.7 Å². The molecule has 2 aromatic rings. The molecule has 28 heavy (non-hydrogen) atoms. The van der Waals surface area contributed by atoms with Crippen LogP contribution in [0.1, 0.15) is 58.4 Å². The van der Waals surface area contributed by atoms with E-state index in [0.717, 1.165) is 22.9 Å². The van der Waals surface area contributed by atoms with Crippen molar-refractivity contribution in [3.8, 4) is 0 Å². The maximum absolute atomic E-state index is 12.3. The lowest BCUT2D eigenvalue weighted by Gasteiger charge is -2.13. The van der Waals surface area contributed by atoms with E-state index in [9.17, 15) is 9.59 Å². The maximum atomic E-state index is 12.3. The molecule has 0 fully saturated rings. The van der Waals surface area contributed by atoms with Crippen molar-refractivity contribution in [1.82, 2.24) is 10.6 Å². The number of hydrogen-bond donors (Lipinski definition) is 2. The Labute approximate surface area is 174 Å². The number of allylic oxidation sites excluding steroid dienone is 1. The van der Waals surface area contributed by atoms with Gasteiger partial charge in [-0.25, -0.2) is 0 Å². The number of nitrogens with one attached hydrogen (secondary N) is 2. The topological polar surface area (TPSA) is 58.2 Å². The van der Waals surface area contributed by atoms with E-state index >= 15 is 0 Å². The molecule has 0 saturated heterocycles. The largest absolute Gasteiger partial charge is 0.352 e. The lowest BCUT2D eigenvalue weighted by Crippen LogP contribution is -2.25. The normalized spacial score (nSPS) is 13.5. The molecule has 4 nitrogen and oxygen atoms in total. The Morgan fingerprint density at radius 2 is 1.50 bits per heavy atom. The fourth-order valence-electron chi connectivity index (χ4n) is 3.23. The highest BCUT2D eigenvalue weighted by molar-refractivity contribution is 9.10. The predicted octanol–water partition coefficient (Wildman–Crippen LogP) is 5.00. The van der Waals surface area contributed by atoms with E-state index < -0.39 is 0 Å². The lowest BCUT2D eigenvalue weighted by atomic mass is 9.97. The van der Waals surface area contributed by atoms with Crippen molar-refractivity contribution >= 4 is 27.7 Å². The molecule has 0 bridgehead atoms. The predicted molar refractivity (Wildman–Crippen MR) is 115 cm³/mol. The SMILES string of the molecule is O=C(NCCC1=CCCCC1)c1ccc(CNC(=O)c2ccc(Br)cc2)cc1. The fourth-order valence-corrected chi connectivity index (χ4v) is 3.49. The van der Waals surface area contributed by atoms with Gasteiger partial charge in [-0.1, -0.05) is 39.7 Å². The van der Waals surface area contributed by atoms with Gasteiger partial charge in [-0.3, -0.25) is 9.59 Å². The van der Waals surface area contributed by atoms with Gasteiger partial charge in [-0.2, -0.15) is 0 Å². The van der Waals surface area contributed by atoms with Gasteiger partial charge in [-0.05, 0) is 74.1 Å². The molecule has 1 aliphatic carbocycles. The molecule has 146 valence electrons. The molecule has 0 unspecified atom stereocenters. The van der Waals surface area contributed by atoms with Crippen LogP contribution in [0.5, 0.6) is 0 Å². The van der Waals surface area contributed by atoms with Crippen LogP contribution in [0, 0.1) is 0 Å². The van der Waals surface area contributed by atoms with E-state index in [1.54, 1.807) is 24.3 Å². The van der Waals surface area contributed by atoms with Crippen LogP contribution in [-0.4, -0.2) is 18.4 Å². The summed E-state index contributed by atoms with van der Waals surface area (Å²) >= 11 is 3.36. The molecule has 0 radical (unpaired) electrons. The highest BCUT2D eigenvalue weighted by atomic mass is 79.9. The average molecular weight is 441 g/mol. The summed E-state index contributed by atoms with van der Waals surface area (Å²) in [7, 11) is 0. The van der Waals surface area contributed by atoms with Crippen LogP contribution in [0.3, 0.4) is 0 Å². The summed E-state index contributed by atoms with van der Waals surface area (Å²) in [5.41, 5.74) is 3.67. The molecule has 0 aliphatic heterocycles. The zero-order chi connectivity index (χ0) is 19.8. The molecule has 2 amide bonds. The molecule has 0 saturated carbocycles. The molecular weight excluding hydrogens is 416 g/mol. The number of halogens is 1. The summed E-state index contributed by atoms with van der Waals surface area (Å²) in [5.74, 6) is -0.173. The van der Waals surface area contributed by atoms with Crippen LogP contribution in [0.4, 0.5) is 0 Å². The van der Waals surface area contributed by atoms with Crippen LogP contribution < -0.4 is 10.6 Å². The Morgan fingerprint density at radius 3 is 2.14 bits per heavy atom. The third-order valence-corrected chi connectivity index (χ3v) is 5.42. The number of benzene rings is 2. The third-order valence-electron chi connectivity index (χ3n) is 4.89. The summed E-state index contributed by atoms with van der Waals surface area (Å²) in [6.45, 7) is 1.10. The van der Waals surface area contributed by atoms with Gasteiger partial charge in [0.05, 0.1) is 0 Å². The number of amides is 2. The Balaban J connectivity index is 1.44. The van der Waals surface area contributed by atoms with Gasteiger partial charge in [0.1, 0.15) is 0 Å². The Bertz CT molecular complexity index is 842. The van der Waals surface area contributed by atoms with Crippen LogP contribution in [0.25, 0.3) is 0 Å². The van der Waals surface area contributed by atoms with Crippen LogP contribution >= 0.6 is 15.9 Å². The Hall–Kier alpha value is -2.40. The van der Waals surface area contributed by atoms with Gasteiger partial charge in [0.2, 0.25) is 0 Å². The second-order valence-corrected chi connectivity index (χ2v) is 7.92. The van der Waals surface area contributed by atoms with E-state index in [4.69, 9.17) is 0 Å². The quantitative estimate of drug-likeness (QED) is 0.595. The minimum atomic E-state index is -0.119. The van der Waals surface area contributed by atoms with Crippen molar-refractivity contribution in [1.29, 1.82) is 0 Å². The van der Waals surface area contributed by atoms with Crippen LogP contribution in [-0.2, 0) is 6.54 Å². The average Bonchev–Trinajstić information content (AvgIpc) is 2.73. The lowest BCUT2D eigenvalue weighted by molar-refractivity contribution is 0.0943. The Morgan fingerprint density at radius 1 is 0.857 bits per heavy atom. The highest BCUT2D eigenvalue weighted by Crippen LogP contribution is 2.19. The molecule has 5 heteroatoms. The first kappa shape index (κ1) is 20.3. The third kappa shape index (κ3) is 6.06. The number of carbonyl (C=O) groups is 2. The summed E-state index contributed by atoms with van der Waals surface area (Å²) in [5, 5.41) is 5.88. The molecule has 0 aromatic heterocycles. The van der Waals surface area contributed by atoms with E-state index in [2.05, 4.69) is 32.6 Å². The van der Waals surface area contributed by atoms with Crippen LogP contribution in [0.2, 0.25) is 0 Å². The number of rotatable bonds is 7. The van der Waals surface area contributed by atoms with Crippen molar-refractivity contribution in [2.45, 2.75) is 38.6 Å². The summed E-state index contributed by atoms with van der Waals surface area (Å²) in [6.07, 6.45) is 8.13. The van der Waals surface area contributed by atoms with Crippen molar-refractivity contribution in [3.05, 3.63) is 81.3 Å². The summed E-state index contributed by atoms with van der Waals surface area (Å²) in [6, 6.07) is 14.6. The summed E-state index contributed by atoms with van der Waals surface area (Å²) in [4.78, 5) is 24.4. The molecule has 0 heterocycles. The molecular formula is C23H25BrN2O2. The van der Waals surface area contributed by atoms with Crippen molar-refractivity contribution in [3.63, 3.8) is 0 Å². The van der Waals surface area contributed by atoms with E-state index in [1.807, 2.05) is 24.3 Å². The zero-order valence-electron chi connectivity index (χ0n) is 15.8. The van der Waals surface area contributed by atoms with E-state index in [-0.39, 0.29) is 11.8 Å². The standard InChI is InChI=1S/C23H25BrN2O2/c24-21-12-10-20(11-13-21)23(28)26-16-18-6-8-19(9-7-18)22(27)25-15-14-17-4-2-1-3-5-17/h4,6-13H,1-3,5,14-16H2,(H,25,27)(H,26,28). The first-order valence-corrected chi connectivity index (χ1v) is 10.5. The smallest absolute Gasteiger partial charge is 0.251 e. The van der Waals surface area contributed by atoms with Gasteiger partial charge in [0.25, 0.3) is 11.8 Å². The van der Waals surface area contributed by atoms with Gasteiger partial charge < -0.3 is 10.6 Å². The highest BCUT2D eigenvalue weighted by Gasteiger charge is 2.08. The minimum Gasteiger partial charge on any atom is -0.352 e. The first-order chi connectivity index (χ1) is 13.6. The fraction of sp³-hybridized carbons (Fsp3) is 0.304. The second kappa shape index (κ2) is 10.2. The van der Waals surface area contributed by atoms with Crippen molar-refractivity contribution < 1.29 is 9.59 Å². The molecule has 2 N–H and O–H groups in total. The maximum Gasteiger partial charge on any atom is 0.251 e. The van der Waals surface area contributed by atoms with Gasteiger partial charge in [0, 0.05) is 28.7 Å². The number of hydrogen-bond acceptors (Lipinski definition) is 2. The van der Waals surface area contributed by atoms with Crippen molar-refractivity contribution in [2.24, 2.45) is 0 Å². The van der Waals surface area contributed by atoms with Crippen molar-refractivity contribution in [2.75, 3.05) is 6.54 Å². The molecule has 0 spiro atoms. The van der Waals surface area contributed by atoms with E-state index in [0.29, 0.717) is 24.2 Å². The van der Waals surface area contributed by atoms with Gasteiger partial charge in [-0.15, -0.1) is 0 Å². The molecule has 1 aliphatic rings. The number of carbonyl (C=O) groups excluding carboxylic acids is 2. The molecule has 0 atom stereocenters. The molecule has 2 aromatic carbocycles. The first-order valence-electron chi connectivity index (χ1n) is 9.70. The monoisotopic (exact) mass is 440 g/mol. The second-order valence-electron chi connectivity index (χ2n) is 7.00. The molecule has 3 rings (SSSR count). The zero-order valence-corrected chi connectivity index (χ0v) is 17.4. The van der Waals surface area contributed by atoms with Gasteiger partial charge >= 0.3 is 0 Å². The van der Waals surface area contributed by atoms with Gasteiger partial charge in [0.15, 0.2) is 0 Å². The summed E-state index contributed by atoms with van der Waals surface area (Å²) < 4.78 is 0.938. The minimum absolute atomic E-state index is 0.0538. The Kier molecular flexibility index (Phi) is 7.43.